The van der Waals surface area contributed by atoms with Crippen LogP contribution in [0.5, 0.6) is 0 Å². The molecule has 0 aliphatic carbocycles. The largest absolute Gasteiger partial charge is 0.481 e. The van der Waals surface area contributed by atoms with Gasteiger partial charge < -0.3 is 25.1 Å². The number of aromatic nitrogens is 2. The second-order valence-corrected chi connectivity index (χ2v) is 11.7. The van der Waals surface area contributed by atoms with Gasteiger partial charge in [-0.05, 0) is 61.8 Å². The summed E-state index contributed by atoms with van der Waals surface area (Å²) in [7, 11) is 0. The first-order chi connectivity index (χ1) is 21.1. The van der Waals surface area contributed by atoms with Gasteiger partial charge in [-0.2, -0.15) is 13.2 Å². The fourth-order valence-electron chi connectivity index (χ4n) is 4.96. The van der Waals surface area contributed by atoms with Crippen molar-refractivity contribution in [1.82, 2.24) is 25.7 Å². The van der Waals surface area contributed by atoms with Crippen LogP contribution in [0.15, 0.2) is 28.7 Å². The van der Waals surface area contributed by atoms with E-state index in [-0.39, 0.29) is 36.8 Å². The summed E-state index contributed by atoms with van der Waals surface area (Å²) >= 11 is 0. The predicted molar refractivity (Wildman–Crippen MR) is 153 cm³/mol. The van der Waals surface area contributed by atoms with Crippen molar-refractivity contribution in [2.45, 2.75) is 90.5 Å². The zero-order chi connectivity index (χ0) is 33.5. The van der Waals surface area contributed by atoms with E-state index >= 15 is 0 Å². The van der Waals surface area contributed by atoms with E-state index in [9.17, 15) is 37.1 Å². The molecule has 1 aromatic heterocycles. The number of rotatable bonds is 14. The summed E-state index contributed by atoms with van der Waals surface area (Å²) in [5, 5.41) is 21.7. The van der Waals surface area contributed by atoms with Crippen LogP contribution in [0.1, 0.15) is 82.5 Å². The number of halogens is 3. The first kappa shape index (κ1) is 35.2. The molecule has 15 heteroatoms. The van der Waals surface area contributed by atoms with Gasteiger partial charge in [0, 0.05) is 24.9 Å². The predicted octanol–water partition coefficient (Wildman–Crippen LogP) is 3.86. The number of ketones is 1. The van der Waals surface area contributed by atoms with E-state index in [1.807, 2.05) is 0 Å². The maximum absolute atomic E-state index is 13.5. The van der Waals surface area contributed by atoms with Crippen molar-refractivity contribution in [2.24, 2.45) is 11.8 Å². The van der Waals surface area contributed by atoms with Gasteiger partial charge in [0.1, 0.15) is 12.1 Å². The molecule has 2 aromatic rings. The first-order valence-electron chi connectivity index (χ1n) is 14.8. The van der Waals surface area contributed by atoms with Gasteiger partial charge >= 0.3 is 12.1 Å². The van der Waals surface area contributed by atoms with Crippen LogP contribution in [0.3, 0.4) is 0 Å². The summed E-state index contributed by atoms with van der Waals surface area (Å²) in [6.07, 6.45) is -2.99. The molecule has 2 heterocycles. The number of hydrogen-bond acceptors (Lipinski definition) is 8. The Labute approximate surface area is 258 Å². The van der Waals surface area contributed by atoms with Crippen molar-refractivity contribution in [3.8, 4) is 11.5 Å². The third kappa shape index (κ3) is 9.35. The molecule has 3 rings (SSSR count). The summed E-state index contributed by atoms with van der Waals surface area (Å²) < 4.78 is 44.1. The molecule has 0 unspecified atom stereocenters. The molecule has 1 aromatic carbocycles. The second-order valence-electron chi connectivity index (χ2n) is 11.7. The lowest BCUT2D eigenvalue weighted by atomic mass is 9.98. The Kier molecular flexibility index (Phi) is 11.8. The summed E-state index contributed by atoms with van der Waals surface area (Å²) in [6.45, 7) is 7.17. The number of carbonyl (C=O) groups is 5. The third-order valence-corrected chi connectivity index (χ3v) is 7.47. The molecule has 3 N–H and O–H groups in total. The van der Waals surface area contributed by atoms with E-state index in [2.05, 4.69) is 20.8 Å². The average Bonchev–Trinajstić information content (AvgIpc) is 3.66. The molecule has 0 saturated carbocycles. The summed E-state index contributed by atoms with van der Waals surface area (Å²) in [5.74, 6) is -4.39. The highest BCUT2D eigenvalue weighted by Crippen LogP contribution is 2.31. The SMILES string of the molecule is CC(C)[C@H](NC(=O)[C@H]1CCCN1C(=O)[C@@H](NC(=O)CCCCC(=O)O)C(C)C)C(=O)c1nnc(-c2ccc(C(F)(F)F)cc2)o1. The molecular formula is C30H38F3N5O7. The van der Waals surface area contributed by atoms with Gasteiger partial charge in [0.2, 0.25) is 29.4 Å². The Bertz CT molecular complexity index is 1370. The molecule has 1 aliphatic rings. The Hall–Kier alpha value is -4.30. The van der Waals surface area contributed by atoms with Crippen molar-refractivity contribution >= 4 is 29.5 Å². The highest BCUT2D eigenvalue weighted by Gasteiger charge is 2.40. The first-order valence-corrected chi connectivity index (χ1v) is 14.8. The lowest BCUT2D eigenvalue weighted by Gasteiger charge is -2.31. The molecule has 3 amide bonds. The lowest BCUT2D eigenvalue weighted by molar-refractivity contribution is -0.142. The zero-order valence-corrected chi connectivity index (χ0v) is 25.5. The van der Waals surface area contributed by atoms with Crippen molar-refractivity contribution in [3.63, 3.8) is 0 Å². The molecule has 1 aliphatic heterocycles. The topological polar surface area (TPSA) is 172 Å². The van der Waals surface area contributed by atoms with Crippen molar-refractivity contribution in [2.75, 3.05) is 6.54 Å². The number of nitrogens with zero attached hydrogens (tertiary/aromatic N) is 3. The number of nitrogens with one attached hydrogen (secondary N) is 2. The third-order valence-electron chi connectivity index (χ3n) is 7.47. The Balaban J connectivity index is 1.68. The van der Waals surface area contributed by atoms with Crippen LogP contribution in [-0.2, 0) is 25.4 Å². The van der Waals surface area contributed by atoms with Gasteiger partial charge in [0.25, 0.3) is 5.89 Å². The lowest BCUT2D eigenvalue weighted by Crippen LogP contribution is -2.57. The molecule has 45 heavy (non-hydrogen) atoms. The number of carboxylic acid groups (broad SMARTS) is 1. The molecule has 3 atom stereocenters. The molecule has 0 spiro atoms. The number of unbranched alkanes of at least 4 members (excludes halogenated alkanes) is 1. The molecule has 0 bridgehead atoms. The molecule has 1 saturated heterocycles. The van der Waals surface area contributed by atoms with Gasteiger partial charge in [-0.3, -0.25) is 24.0 Å². The van der Waals surface area contributed by atoms with E-state index in [1.54, 1.807) is 27.7 Å². The number of Topliss-reactive ketones (excluding diaryl/α,β-unsaturated/α-hetero) is 1. The number of alkyl halides is 3. The summed E-state index contributed by atoms with van der Waals surface area (Å²) in [4.78, 5) is 64.9. The van der Waals surface area contributed by atoms with E-state index < -0.39 is 71.1 Å². The minimum absolute atomic E-state index is 0.0577. The Morgan fingerprint density at radius 3 is 2.16 bits per heavy atom. The number of carbonyl (C=O) groups excluding carboxylic acids is 4. The maximum Gasteiger partial charge on any atom is 0.416 e. The second kappa shape index (κ2) is 15.1. The van der Waals surface area contributed by atoms with Crippen molar-refractivity contribution in [1.29, 1.82) is 0 Å². The maximum atomic E-state index is 13.5. The summed E-state index contributed by atoms with van der Waals surface area (Å²) in [6, 6.07) is 1.08. The molecule has 1 fully saturated rings. The molecular weight excluding hydrogens is 599 g/mol. The van der Waals surface area contributed by atoms with Gasteiger partial charge in [-0.25, -0.2) is 0 Å². The van der Waals surface area contributed by atoms with Gasteiger partial charge in [-0.1, -0.05) is 27.7 Å². The average molecular weight is 638 g/mol. The molecule has 12 nitrogen and oxygen atoms in total. The van der Waals surface area contributed by atoms with E-state index in [0.29, 0.717) is 25.7 Å². The zero-order valence-electron chi connectivity index (χ0n) is 25.5. The minimum Gasteiger partial charge on any atom is -0.481 e. The van der Waals surface area contributed by atoms with Crippen LogP contribution in [0.4, 0.5) is 13.2 Å². The smallest absolute Gasteiger partial charge is 0.416 e. The van der Waals surface area contributed by atoms with Crippen molar-refractivity contribution < 1.29 is 46.7 Å². The summed E-state index contributed by atoms with van der Waals surface area (Å²) in [5.41, 5.74) is -0.689. The van der Waals surface area contributed by atoms with E-state index in [0.717, 1.165) is 24.3 Å². The number of aliphatic carboxylic acids is 1. The van der Waals surface area contributed by atoms with Crippen molar-refractivity contribution in [3.05, 3.63) is 35.7 Å². The number of carboxylic acids is 1. The highest BCUT2D eigenvalue weighted by atomic mass is 19.4. The fraction of sp³-hybridized carbons (Fsp3) is 0.567. The van der Waals surface area contributed by atoms with Gasteiger partial charge in [-0.15, -0.1) is 10.2 Å². The van der Waals surface area contributed by atoms with E-state index in [1.165, 1.54) is 4.90 Å². The minimum atomic E-state index is -4.52. The van der Waals surface area contributed by atoms with Gasteiger partial charge in [0.15, 0.2) is 0 Å². The fourth-order valence-corrected chi connectivity index (χ4v) is 4.96. The highest BCUT2D eigenvalue weighted by molar-refractivity contribution is 6.00. The Morgan fingerprint density at radius 2 is 1.58 bits per heavy atom. The molecule has 246 valence electrons. The normalized spacial score (nSPS) is 16.5. The number of benzene rings is 1. The number of hydrogen-bond donors (Lipinski definition) is 3. The monoisotopic (exact) mass is 637 g/mol. The van der Waals surface area contributed by atoms with Crippen LogP contribution in [0.2, 0.25) is 0 Å². The molecule has 0 radical (unpaired) electrons. The van der Waals surface area contributed by atoms with E-state index in [4.69, 9.17) is 9.52 Å². The number of amides is 3. The quantitative estimate of drug-likeness (QED) is 0.206. The van der Waals surface area contributed by atoms with Crippen LogP contribution in [-0.4, -0.2) is 74.3 Å². The van der Waals surface area contributed by atoms with Crippen LogP contribution >= 0.6 is 0 Å². The Morgan fingerprint density at radius 1 is 0.956 bits per heavy atom. The number of likely N-dealkylation sites (tertiary alicyclic amines) is 1. The van der Waals surface area contributed by atoms with Crippen LogP contribution < -0.4 is 10.6 Å². The van der Waals surface area contributed by atoms with Crippen LogP contribution in [0.25, 0.3) is 11.5 Å². The standard InChI is InChI=1S/C30H38F3N5O7/c1-16(2)23(25(42)28-37-36-27(45-28)18-11-13-19(14-12-18)30(31,32)33)35-26(43)20-8-7-15-38(20)29(44)24(17(3)4)34-21(39)9-5-6-10-22(40)41/h11-14,16-17,20,23-24H,5-10,15H2,1-4H3,(H,34,39)(H,35,43)(H,40,41)/t20-,23+,24+/m1/s1. The van der Waals surface area contributed by atoms with Crippen LogP contribution in [0, 0.1) is 11.8 Å². The van der Waals surface area contributed by atoms with Gasteiger partial charge in [0.05, 0.1) is 11.6 Å².